The van der Waals surface area contributed by atoms with Crippen LogP contribution in [0, 0.1) is 0 Å². The van der Waals surface area contributed by atoms with Crippen molar-refractivity contribution >= 4 is 11.8 Å². The Labute approximate surface area is 98.2 Å². The minimum Gasteiger partial charge on any atom is -0.310 e. The molecular formula is C12H24N2S. The van der Waals surface area contributed by atoms with E-state index in [0.717, 1.165) is 12.1 Å². The second kappa shape index (κ2) is 6.12. The van der Waals surface area contributed by atoms with Gasteiger partial charge in [-0.1, -0.05) is 0 Å². The van der Waals surface area contributed by atoms with E-state index in [4.69, 9.17) is 0 Å². The summed E-state index contributed by atoms with van der Waals surface area (Å²) in [5, 5.41) is 3.87. The number of hydrogen-bond donors (Lipinski definition) is 1. The van der Waals surface area contributed by atoms with Crippen LogP contribution in [0.1, 0.15) is 32.1 Å². The molecule has 2 fully saturated rings. The Morgan fingerprint density at radius 3 is 2.73 bits per heavy atom. The summed E-state index contributed by atoms with van der Waals surface area (Å²) >= 11 is 2.12. The quantitative estimate of drug-likeness (QED) is 0.778. The minimum atomic E-state index is 0.790. The molecule has 88 valence electrons. The lowest BCUT2D eigenvalue weighted by atomic mass is 10.1. The second-order valence-electron chi connectivity index (χ2n) is 5.01. The second-order valence-corrected chi connectivity index (χ2v) is 6.16. The van der Waals surface area contributed by atoms with Gasteiger partial charge in [0.2, 0.25) is 0 Å². The molecule has 0 aromatic rings. The topological polar surface area (TPSA) is 15.3 Å². The Balaban J connectivity index is 1.72. The van der Waals surface area contributed by atoms with E-state index in [2.05, 4.69) is 29.0 Å². The van der Waals surface area contributed by atoms with Crippen LogP contribution in [0.2, 0.25) is 0 Å². The van der Waals surface area contributed by atoms with Gasteiger partial charge in [-0.2, -0.15) is 11.8 Å². The summed E-state index contributed by atoms with van der Waals surface area (Å²) in [6.45, 7) is 2.56. The van der Waals surface area contributed by atoms with Crippen molar-refractivity contribution in [2.45, 2.75) is 44.2 Å². The molecule has 3 heteroatoms. The maximum absolute atomic E-state index is 3.87. The monoisotopic (exact) mass is 228 g/mol. The first-order valence-corrected chi connectivity index (χ1v) is 7.52. The van der Waals surface area contributed by atoms with Crippen molar-refractivity contribution in [2.75, 3.05) is 31.6 Å². The van der Waals surface area contributed by atoms with Gasteiger partial charge in [0.15, 0.2) is 0 Å². The molecule has 2 atom stereocenters. The van der Waals surface area contributed by atoms with E-state index in [-0.39, 0.29) is 0 Å². The van der Waals surface area contributed by atoms with Crippen molar-refractivity contribution in [3.05, 3.63) is 0 Å². The van der Waals surface area contributed by atoms with E-state index in [0.29, 0.717) is 0 Å². The van der Waals surface area contributed by atoms with Crippen LogP contribution in [0.3, 0.4) is 0 Å². The van der Waals surface area contributed by atoms with Crippen LogP contribution in [0.25, 0.3) is 0 Å². The Kier molecular flexibility index (Phi) is 4.79. The highest BCUT2D eigenvalue weighted by Crippen LogP contribution is 2.19. The maximum Gasteiger partial charge on any atom is 0.0161 e. The van der Waals surface area contributed by atoms with E-state index in [1.807, 2.05) is 0 Å². The van der Waals surface area contributed by atoms with Crippen LogP contribution in [-0.4, -0.2) is 48.6 Å². The van der Waals surface area contributed by atoms with E-state index in [1.165, 1.54) is 56.7 Å². The highest BCUT2D eigenvalue weighted by Gasteiger charge is 2.20. The summed E-state index contributed by atoms with van der Waals surface area (Å²) < 4.78 is 0. The largest absolute Gasteiger partial charge is 0.310 e. The molecule has 2 heterocycles. The molecule has 0 radical (unpaired) electrons. The first kappa shape index (κ1) is 11.7. The molecule has 0 bridgehead atoms. The normalized spacial score (nSPS) is 35.0. The lowest BCUT2D eigenvalue weighted by molar-refractivity contribution is 0.338. The van der Waals surface area contributed by atoms with Crippen molar-refractivity contribution in [3.8, 4) is 0 Å². The average Bonchev–Trinajstić information content (AvgIpc) is 2.46. The van der Waals surface area contributed by atoms with Gasteiger partial charge in [-0.05, 0) is 58.0 Å². The van der Waals surface area contributed by atoms with Crippen LogP contribution in [0.5, 0.6) is 0 Å². The Morgan fingerprint density at radius 1 is 1.07 bits per heavy atom. The number of nitrogens with one attached hydrogen (secondary N) is 1. The highest BCUT2D eigenvalue weighted by molar-refractivity contribution is 7.99. The summed E-state index contributed by atoms with van der Waals surface area (Å²) in [5.41, 5.74) is 0. The molecule has 1 N–H and O–H groups in total. The highest BCUT2D eigenvalue weighted by atomic mass is 32.2. The number of likely N-dealkylation sites (tertiary alicyclic amines) is 1. The molecule has 2 unspecified atom stereocenters. The molecule has 2 rings (SSSR count). The minimum absolute atomic E-state index is 0.790. The number of thioether (sulfide) groups is 1. The van der Waals surface area contributed by atoms with Crippen LogP contribution in [0.4, 0.5) is 0 Å². The molecular weight excluding hydrogens is 204 g/mol. The third-order valence-corrected chi connectivity index (χ3v) is 4.80. The average molecular weight is 228 g/mol. The van der Waals surface area contributed by atoms with Gasteiger partial charge in [-0.3, -0.25) is 0 Å². The van der Waals surface area contributed by atoms with Crippen molar-refractivity contribution in [3.63, 3.8) is 0 Å². The molecule has 0 saturated carbocycles. The Bertz CT molecular complexity index is 180. The van der Waals surface area contributed by atoms with Crippen molar-refractivity contribution in [1.29, 1.82) is 0 Å². The van der Waals surface area contributed by atoms with Crippen molar-refractivity contribution in [1.82, 2.24) is 10.2 Å². The number of nitrogens with zero attached hydrogens (tertiary/aromatic N) is 1. The first-order valence-electron chi connectivity index (χ1n) is 6.37. The molecule has 0 spiro atoms. The van der Waals surface area contributed by atoms with E-state index >= 15 is 0 Å². The third kappa shape index (κ3) is 3.97. The number of hydrogen-bond acceptors (Lipinski definition) is 3. The lowest BCUT2D eigenvalue weighted by Gasteiger charge is -2.27. The van der Waals surface area contributed by atoms with E-state index < -0.39 is 0 Å². The lowest BCUT2D eigenvalue weighted by Crippen LogP contribution is -2.41. The predicted octanol–water partition coefficient (Wildman–Crippen LogP) is 1.96. The first-order chi connectivity index (χ1) is 7.34. The molecule has 0 amide bonds. The summed E-state index contributed by atoms with van der Waals surface area (Å²) in [6.07, 6.45) is 6.91. The standard InChI is InChI=1S/C12H24N2S/c1-14-7-2-4-11(6-8-14)13-12-5-3-9-15-10-12/h11-13H,2-10H2,1H3. The number of rotatable bonds is 2. The summed E-state index contributed by atoms with van der Waals surface area (Å²) in [6, 6.07) is 1.59. The van der Waals surface area contributed by atoms with Gasteiger partial charge >= 0.3 is 0 Å². The van der Waals surface area contributed by atoms with Gasteiger partial charge in [0.05, 0.1) is 0 Å². The third-order valence-electron chi connectivity index (χ3n) is 3.58. The fraction of sp³-hybridized carbons (Fsp3) is 1.00. The zero-order valence-electron chi connectivity index (χ0n) is 9.87. The maximum atomic E-state index is 3.87. The van der Waals surface area contributed by atoms with Gasteiger partial charge in [-0.15, -0.1) is 0 Å². The van der Waals surface area contributed by atoms with Gasteiger partial charge in [0, 0.05) is 17.8 Å². The summed E-state index contributed by atoms with van der Waals surface area (Å²) in [7, 11) is 2.25. The predicted molar refractivity (Wildman–Crippen MR) is 68.6 cm³/mol. The van der Waals surface area contributed by atoms with Gasteiger partial charge in [0.1, 0.15) is 0 Å². The molecule has 2 nitrogen and oxygen atoms in total. The van der Waals surface area contributed by atoms with Crippen LogP contribution < -0.4 is 5.32 Å². The molecule has 0 aliphatic carbocycles. The molecule has 0 aromatic heterocycles. The van der Waals surface area contributed by atoms with Crippen LogP contribution in [-0.2, 0) is 0 Å². The van der Waals surface area contributed by atoms with Crippen molar-refractivity contribution in [2.24, 2.45) is 0 Å². The van der Waals surface area contributed by atoms with Crippen LogP contribution >= 0.6 is 11.8 Å². The molecule has 0 aromatic carbocycles. The Hall–Kier alpha value is 0.270. The smallest absolute Gasteiger partial charge is 0.0161 e. The van der Waals surface area contributed by atoms with Crippen molar-refractivity contribution < 1.29 is 0 Å². The fourth-order valence-corrected chi connectivity index (χ4v) is 3.70. The zero-order valence-corrected chi connectivity index (χ0v) is 10.7. The molecule has 2 saturated heterocycles. The van der Waals surface area contributed by atoms with E-state index in [1.54, 1.807) is 0 Å². The Morgan fingerprint density at radius 2 is 1.93 bits per heavy atom. The fourth-order valence-electron chi connectivity index (χ4n) is 2.61. The SMILES string of the molecule is CN1CCCC(NC2CCCSC2)CC1. The van der Waals surface area contributed by atoms with E-state index in [9.17, 15) is 0 Å². The van der Waals surface area contributed by atoms with Gasteiger partial charge in [0.25, 0.3) is 0 Å². The zero-order chi connectivity index (χ0) is 10.5. The van der Waals surface area contributed by atoms with Crippen LogP contribution in [0.15, 0.2) is 0 Å². The molecule has 15 heavy (non-hydrogen) atoms. The molecule has 2 aliphatic heterocycles. The van der Waals surface area contributed by atoms with Gasteiger partial charge in [-0.25, -0.2) is 0 Å². The molecule has 2 aliphatic rings. The van der Waals surface area contributed by atoms with Gasteiger partial charge < -0.3 is 10.2 Å². The summed E-state index contributed by atoms with van der Waals surface area (Å²) in [4.78, 5) is 2.47. The summed E-state index contributed by atoms with van der Waals surface area (Å²) in [5.74, 6) is 2.72.